The van der Waals surface area contributed by atoms with Gasteiger partial charge in [0.2, 0.25) is 0 Å². The summed E-state index contributed by atoms with van der Waals surface area (Å²) in [6.45, 7) is 0. The molecule has 0 aliphatic carbocycles. The summed E-state index contributed by atoms with van der Waals surface area (Å²) in [5.74, 6) is 0. The Labute approximate surface area is 83.9 Å². The predicted octanol–water partition coefficient (Wildman–Crippen LogP) is 1.41. The first-order valence-electron chi connectivity index (χ1n) is 4.03. The molecule has 15 heavy (non-hydrogen) atoms. The van der Waals surface area contributed by atoms with Gasteiger partial charge in [0.15, 0.2) is 5.69 Å². The van der Waals surface area contributed by atoms with E-state index in [2.05, 4.69) is 10.2 Å². The van der Waals surface area contributed by atoms with Crippen molar-refractivity contribution < 1.29 is 4.92 Å². The Kier molecular flexibility index (Phi) is 1.99. The maximum atomic E-state index is 10.7. The molecule has 2 aromatic rings. The molecule has 0 aliphatic heterocycles. The highest BCUT2D eigenvalue weighted by atomic mass is 16.6. The van der Waals surface area contributed by atoms with Crippen molar-refractivity contribution in [3.05, 3.63) is 40.2 Å². The number of nitro groups is 1. The number of rotatable bonds is 1. The Morgan fingerprint density at radius 1 is 1.40 bits per heavy atom. The zero-order valence-corrected chi connectivity index (χ0v) is 7.41. The highest BCUT2D eigenvalue weighted by Gasteiger charge is 2.13. The van der Waals surface area contributed by atoms with Crippen LogP contribution in [0, 0.1) is 21.4 Å². The molecule has 0 amide bonds. The predicted molar refractivity (Wildman–Crippen MR) is 50.9 cm³/mol. The van der Waals surface area contributed by atoms with Crippen molar-refractivity contribution in [2.75, 3.05) is 0 Å². The number of fused-ring (bicyclic) bond motifs is 1. The molecule has 0 aliphatic rings. The highest BCUT2D eigenvalue weighted by molar-refractivity contribution is 5.92. The lowest BCUT2D eigenvalue weighted by Gasteiger charge is -1.98. The molecule has 0 saturated heterocycles. The molecule has 1 aromatic carbocycles. The minimum Gasteiger partial charge on any atom is -0.258 e. The molecule has 6 heteroatoms. The van der Waals surface area contributed by atoms with E-state index in [1.807, 2.05) is 6.07 Å². The van der Waals surface area contributed by atoms with E-state index in [1.54, 1.807) is 6.07 Å². The van der Waals surface area contributed by atoms with Gasteiger partial charge in [-0.1, -0.05) is 12.1 Å². The molecule has 2 rings (SSSR count). The number of non-ortho nitro benzene ring substituents is 1. The van der Waals surface area contributed by atoms with Crippen molar-refractivity contribution in [1.82, 2.24) is 10.2 Å². The number of benzene rings is 1. The minimum atomic E-state index is -0.509. The van der Waals surface area contributed by atoms with Crippen LogP contribution in [0.2, 0.25) is 0 Å². The van der Waals surface area contributed by atoms with Crippen molar-refractivity contribution in [2.24, 2.45) is 0 Å². The summed E-state index contributed by atoms with van der Waals surface area (Å²) in [4.78, 5) is 10.2. The second kappa shape index (κ2) is 3.31. The van der Waals surface area contributed by atoms with E-state index >= 15 is 0 Å². The Morgan fingerprint density at radius 2 is 2.20 bits per heavy atom. The van der Waals surface area contributed by atoms with E-state index in [1.165, 1.54) is 18.3 Å². The summed E-state index contributed by atoms with van der Waals surface area (Å²) in [6, 6.07) is 6.33. The fourth-order valence-electron chi connectivity index (χ4n) is 1.34. The van der Waals surface area contributed by atoms with Gasteiger partial charge in [0.1, 0.15) is 6.07 Å². The summed E-state index contributed by atoms with van der Waals surface area (Å²) >= 11 is 0. The summed E-state index contributed by atoms with van der Waals surface area (Å²) in [6.07, 6.45) is 1.29. The van der Waals surface area contributed by atoms with Crippen LogP contribution in [-0.2, 0) is 0 Å². The molecule has 0 bridgehead atoms. The first-order valence-corrected chi connectivity index (χ1v) is 4.03. The second-order valence-corrected chi connectivity index (χ2v) is 2.80. The molecule has 0 unspecified atom stereocenters. The minimum absolute atomic E-state index is 0.0705. The van der Waals surface area contributed by atoms with Crippen molar-refractivity contribution in [2.45, 2.75) is 0 Å². The lowest BCUT2D eigenvalue weighted by Crippen LogP contribution is -1.93. The third-order valence-electron chi connectivity index (χ3n) is 1.99. The fraction of sp³-hybridized carbons (Fsp3) is 0. The molecule has 1 heterocycles. The van der Waals surface area contributed by atoms with Crippen LogP contribution in [0.15, 0.2) is 24.4 Å². The van der Waals surface area contributed by atoms with E-state index in [4.69, 9.17) is 5.26 Å². The Hall–Kier alpha value is -2.55. The maximum absolute atomic E-state index is 10.7. The monoisotopic (exact) mass is 200 g/mol. The molecule has 6 nitrogen and oxygen atoms in total. The van der Waals surface area contributed by atoms with Crippen molar-refractivity contribution in [3.63, 3.8) is 0 Å². The molecule has 0 saturated carbocycles. The molecule has 0 radical (unpaired) electrons. The molecule has 0 spiro atoms. The van der Waals surface area contributed by atoms with Crippen LogP contribution >= 0.6 is 0 Å². The molecule has 0 atom stereocenters. The normalized spacial score (nSPS) is 9.80. The average molecular weight is 200 g/mol. The number of nitrogens with zero attached hydrogens (tertiary/aromatic N) is 4. The summed E-state index contributed by atoms with van der Waals surface area (Å²) in [5, 5.41) is 27.3. The SMILES string of the molecule is N#Cc1nncc2c([N+](=O)[O-])cccc12. The lowest BCUT2D eigenvalue weighted by molar-refractivity contribution is -0.383. The van der Waals surface area contributed by atoms with E-state index in [0.29, 0.717) is 10.8 Å². The van der Waals surface area contributed by atoms with Gasteiger partial charge in [-0.25, -0.2) is 0 Å². The Bertz CT molecular complexity index is 588. The number of nitriles is 1. The summed E-state index contributed by atoms with van der Waals surface area (Å²) < 4.78 is 0. The zero-order valence-electron chi connectivity index (χ0n) is 7.41. The van der Waals surface area contributed by atoms with Crippen LogP contribution in [0.3, 0.4) is 0 Å². The van der Waals surface area contributed by atoms with Crippen LogP contribution in [0.25, 0.3) is 10.8 Å². The zero-order chi connectivity index (χ0) is 10.8. The van der Waals surface area contributed by atoms with Gasteiger partial charge in [0.05, 0.1) is 16.5 Å². The molecular formula is C9H4N4O2. The van der Waals surface area contributed by atoms with Gasteiger partial charge >= 0.3 is 0 Å². The lowest BCUT2D eigenvalue weighted by atomic mass is 10.1. The van der Waals surface area contributed by atoms with Gasteiger partial charge in [-0.05, 0) is 0 Å². The molecule has 1 aromatic heterocycles. The summed E-state index contributed by atoms with van der Waals surface area (Å²) in [5.41, 5.74) is 0.0232. The molecule has 72 valence electrons. The van der Waals surface area contributed by atoms with Crippen LogP contribution in [-0.4, -0.2) is 15.1 Å². The van der Waals surface area contributed by atoms with E-state index in [-0.39, 0.29) is 11.4 Å². The Morgan fingerprint density at radius 3 is 2.87 bits per heavy atom. The first kappa shape index (κ1) is 9.02. The van der Waals surface area contributed by atoms with E-state index in [0.717, 1.165) is 0 Å². The number of nitro benzene ring substituents is 1. The van der Waals surface area contributed by atoms with Crippen molar-refractivity contribution in [1.29, 1.82) is 5.26 Å². The fourth-order valence-corrected chi connectivity index (χ4v) is 1.34. The summed E-state index contributed by atoms with van der Waals surface area (Å²) in [7, 11) is 0. The number of hydrogen-bond acceptors (Lipinski definition) is 5. The van der Waals surface area contributed by atoms with Gasteiger partial charge in [0.25, 0.3) is 5.69 Å². The van der Waals surface area contributed by atoms with E-state index in [9.17, 15) is 10.1 Å². The van der Waals surface area contributed by atoms with Crippen molar-refractivity contribution >= 4 is 16.5 Å². The van der Waals surface area contributed by atoms with E-state index < -0.39 is 4.92 Å². The van der Waals surface area contributed by atoms with Gasteiger partial charge in [-0.15, -0.1) is 5.10 Å². The molecule has 0 fully saturated rings. The number of hydrogen-bond donors (Lipinski definition) is 0. The van der Waals surface area contributed by atoms with Gasteiger partial charge in [-0.3, -0.25) is 10.1 Å². The van der Waals surface area contributed by atoms with Gasteiger partial charge in [-0.2, -0.15) is 10.4 Å². The molecule has 0 N–H and O–H groups in total. The third-order valence-corrected chi connectivity index (χ3v) is 1.99. The maximum Gasteiger partial charge on any atom is 0.278 e. The quantitative estimate of drug-likeness (QED) is 0.512. The van der Waals surface area contributed by atoms with Gasteiger partial charge < -0.3 is 0 Å². The smallest absolute Gasteiger partial charge is 0.258 e. The number of aromatic nitrogens is 2. The van der Waals surface area contributed by atoms with Crippen LogP contribution in [0.1, 0.15) is 5.69 Å². The average Bonchev–Trinajstić information content (AvgIpc) is 2.27. The standard InChI is InChI=1S/C9H4N4O2/c10-4-8-6-2-1-3-9(13(14)15)7(6)5-11-12-8/h1-3,5H. The van der Waals surface area contributed by atoms with Crippen LogP contribution < -0.4 is 0 Å². The third kappa shape index (κ3) is 1.36. The topological polar surface area (TPSA) is 92.7 Å². The molecular weight excluding hydrogens is 196 g/mol. The highest BCUT2D eigenvalue weighted by Crippen LogP contribution is 2.25. The van der Waals surface area contributed by atoms with Crippen LogP contribution in [0.4, 0.5) is 5.69 Å². The largest absolute Gasteiger partial charge is 0.278 e. The second-order valence-electron chi connectivity index (χ2n) is 2.80. The van der Waals surface area contributed by atoms with Crippen molar-refractivity contribution in [3.8, 4) is 6.07 Å². The first-order chi connectivity index (χ1) is 7.24. The van der Waals surface area contributed by atoms with Gasteiger partial charge in [0, 0.05) is 11.5 Å². The Balaban J connectivity index is 2.90. The van der Waals surface area contributed by atoms with Crippen LogP contribution in [0.5, 0.6) is 0 Å².